The number of ether oxygens (including phenoxy) is 1. The lowest BCUT2D eigenvalue weighted by Gasteiger charge is -2.25. The predicted octanol–water partition coefficient (Wildman–Crippen LogP) is 6.91. The van der Waals surface area contributed by atoms with Gasteiger partial charge in [-0.3, -0.25) is 19.2 Å². The summed E-state index contributed by atoms with van der Waals surface area (Å²) >= 11 is 12.6. The van der Waals surface area contributed by atoms with Crippen LogP contribution in [0.15, 0.2) is 12.1 Å². The van der Waals surface area contributed by atoms with Crippen LogP contribution in [-0.4, -0.2) is 23.6 Å². The third kappa shape index (κ3) is 6.62. The first-order valence-electron chi connectivity index (χ1n) is 8.85. The van der Waals surface area contributed by atoms with Crippen LogP contribution < -0.4 is 14.5 Å². The smallest absolute Gasteiger partial charge is 0.230 e. The Kier molecular flexibility index (Phi) is 11.3. The number of amides is 4. The molecular formula is C20H14I6N2O5. The van der Waals surface area contributed by atoms with Gasteiger partial charge in [-0.25, -0.2) is 9.80 Å². The molecule has 2 aromatic carbocycles. The lowest BCUT2D eigenvalue weighted by atomic mass is 10.2. The molecule has 0 unspecified atom stereocenters. The van der Waals surface area contributed by atoms with Crippen LogP contribution in [0.4, 0.5) is 11.4 Å². The van der Waals surface area contributed by atoms with Gasteiger partial charge in [-0.15, -0.1) is 0 Å². The number of benzene rings is 2. The zero-order valence-electron chi connectivity index (χ0n) is 17.4. The minimum atomic E-state index is -0.398. The molecule has 0 spiro atoms. The fraction of sp³-hybridized carbons (Fsp3) is 0.200. The predicted molar refractivity (Wildman–Crippen MR) is 177 cm³/mol. The molecular weight excluding hydrogens is 1110 g/mol. The summed E-state index contributed by atoms with van der Waals surface area (Å²) in [4.78, 5) is 51.1. The van der Waals surface area contributed by atoms with Gasteiger partial charge in [0.1, 0.15) is 0 Å². The van der Waals surface area contributed by atoms with E-state index in [2.05, 4.69) is 136 Å². The number of carbonyl (C=O) groups is 4. The SMILES string of the molecule is CC(=O)N(C(C)=O)c1c(I)cc(I)c(Oc2c(I)cc(I)c(N(C(C)=O)C(C)=O)c2I)c1I. The van der Waals surface area contributed by atoms with Crippen LogP contribution in [0.2, 0.25) is 0 Å². The number of carbonyl (C=O) groups excluding carboxylic acids is 4. The first-order chi connectivity index (χ1) is 15.2. The third-order valence-corrected chi connectivity index (χ3v) is 9.37. The molecule has 4 amide bonds. The fourth-order valence-electron chi connectivity index (χ4n) is 2.90. The van der Waals surface area contributed by atoms with E-state index in [9.17, 15) is 19.2 Å². The minimum absolute atomic E-state index is 0.398. The van der Waals surface area contributed by atoms with Crippen LogP contribution >= 0.6 is 136 Å². The van der Waals surface area contributed by atoms with E-state index in [1.165, 1.54) is 27.7 Å². The van der Waals surface area contributed by atoms with Gasteiger partial charge in [0, 0.05) is 34.8 Å². The average Bonchev–Trinajstić information content (AvgIpc) is 2.65. The molecule has 0 N–H and O–H groups in total. The van der Waals surface area contributed by atoms with Gasteiger partial charge in [-0.2, -0.15) is 0 Å². The number of nitrogens with zero attached hydrogens (tertiary/aromatic N) is 2. The van der Waals surface area contributed by atoms with Crippen molar-refractivity contribution in [1.82, 2.24) is 0 Å². The fourth-order valence-corrected chi connectivity index (χ4v) is 11.0. The molecule has 0 aromatic heterocycles. The number of halogens is 6. The maximum absolute atomic E-state index is 12.2. The van der Waals surface area contributed by atoms with Gasteiger partial charge in [-0.05, 0) is 148 Å². The van der Waals surface area contributed by atoms with Crippen LogP contribution in [-0.2, 0) is 19.2 Å². The quantitative estimate of drug-likeness (QED) is 0.312. The number of hydrogen-bond acceptors (Lipinski definition) is 5. The van der Waals surface area contributed by atoms with Crippen LogP contribution in [0.5, 0.6) is 11.5 Å². The third-order valence-electron chi connectivity index (χ3n) is 4.12. The van der Waals surface area contributed by atoms with E-state index < -0.39 is 23.6 Å². The maximum Gasteiger partial charge on any atom is 0.230 e. The topological polar surface area (TPSA) is 84.0 Å². The van der Waals surface area contributed by atoms with Gasteiger partial charge < -0.3 is 4.74 Å². The Morgan fingerprint density at radius 1 is 0.576 bits per heavy atom. The molecule has 0 saturated heterocycles. The second kappa shape index (κ2) is 12.4. The Hall–Kier alpha value is 0.900. The molecule has 2 rings (SSSR count). The standard InChI is InChI=1S/C20H14I6N2O5/c1-7(29)27(8(2)30)17-11(21)5-13(23)19(15(17)25)33-20-14(24)6-12(22)18(16(20)26)28(9(3)31)10(4)32/h5-6H,1-4H3. The first kappa shape index (κ1) is 30.1. The second-order valence-electron chi connectivity index (χ2n) is 6.51. The van der Waals surface area contributed by atoms with Crippen molar-refractivity contribution in [1.29, 1.82) is 0 Å². The van der Waals surface area contributed by atoms with Crippen LogP contribution in [0.3, 0.4) is 0 Å². The maximum atomic E-state index is 12.2. The van der Waals surface area contributed by atoms with E-state index >= 15 is 0 Å². The molecule has 2 aromatic rings. The van der Waals surface area contributed by atoms with Gasteiger partial charge in [0.05, 0.1) is 25.7 Å². The van der Waals surface area contributed by atoms with E-state index in [0.29, 0.717) is 30.0 Å². The van der Waals surface area contributed by atoms with Crippen molar-refractivity contribution in [2.24, 2.45) is 0 Å². The van der Waals surface area contributed by atoms with Crippen molar-refractivity contribution in [3.63, 3.8) is 0 Å². The van der Waals surface area contributed by atoms with Gasteiger partial charge in [0.15, 0.2) is 11.5 Å². The minimum Gasteiger partial charge on any atom is -0.453 e. The molecule has 0 aliphatic rings. The zero-order valence-corrected chi connectivity index (χ0v) is 30.3. The molecule has 176 valence electrons. The second-order valence-corrected chi connectivity index (χ2v) is 13.3. The zero-order chi connectivity index (χ0) is 25.4. The lowest BCUT2D eigenvalue weighted by molar-refractivity contribution is -0.125. The summed E-state index contributed by atoms with van der Waals surface area (Å²) in [6, 6.07) is 3.66. The summed E-state index contributed by atoms with van der Waals surface area (Å²) in [6.07, 6.45) is 0. The average molecular weight is 1120 g/mol. The van der Waals surface area contributed by atoms with E-state index in [-0.39, 0.29) is 0 Å². The molecule has 13 heteroatoms. The molecule has 0 saturated carbocycles. The van der Waals surface area contributed by atoms with Gasteiger partial charge >= 0.3 is 0 Å². The van der Waals surface area contributed by atoms with Crippen LogP contribution in [0.25, 0.3) is 0 Å². The molecule has 0 bridgehead atoms. The van der Waals surface area contributed by atoms with Gasteiger partial charge in [0.25, 0.3) is 0 Å². The van der Waals surface area contributed by atoms with Gasteiger partial charge in [0.2, 0.25) is 23.6 Å². The summed E-state index contributed by atoms with van der Waals surface area (Å²) in [5.74, 6) is -0.650. The van der Waals surface area contributed by atoms with E-state index in [1.807, 2.05) is 12.1 Å². The van der Waals surface area contributed by atoms with E-state index in [4.69, 9.17) is 4.74 Å². The highest BCUT2D eigenvalue weighted by molar-refractivity contribution is 14.1. The van der Waals surface area contributed by atoms with Gasteiger partial charge in [-0.1, -0.05) is 0 Å². The number of anilines is 2. The number of rotatable bonds is 4. The van der Waals surface area contributed by atoms with Crippen molar-refractivity contribution < 1.29 is 23.9 Å². The lowest BCUT2D eigenvalue weighted by Crippen LogP contribution is -2.34. The molecule has 33 heavy (non-hydrogen) atoms. The summed E-state index contributed by atoms with van der Waals surface area (Å²) in [5, 5.41) is 0. The molecule has 0 fully saturated rings. The molecule has 7 nitrogen and oxygen atoms in total. The van der Waals surface area contributed by atoms with Crippen LogP contribution in [0, 0.1) is 21.4 Å². The summed E-state index contributed by atoms with van der Waals surface area (Å²) < 4.78 is 10.6. The summed E-state index contributed by atoms with van der Waals surface area (Å²) in [7, 11) is 0. The van der Waals surface area contributed by atoms with Crippen molar-refractivity contribution in [2.45, 2.75) is 27.7 Å². The summed E-state index contributed by atoms with van der Waals surface area (Å²) in [6.45, 7) is 5.34. The molecule has 0 heterocycles. The monoisotopic (exact) mass is 1120 g/mol. The van der Waals surface area contributed by atoms with Crippen molar-refractivity contribution in [3.05, 3.63) is 33.6 Å². The highest BCUT2D eigenvalue weighted by Gasteiger charge is 2.29. The first-order valence-corrected chi connectivity index (χ1v) is 15.3. The number of imide groups is 2. The Morgan fingerprint density at radius 2 is 0.848 bits per heavy atom. The van der Waals surface area contributed by atoms with Crippen molar-refractivity contribution in [3.8, 4) is 11.5 Å². The number of hydrogen-bond donors (Lipinski definition) is 0. The highest BCUT2D eigenvalue weighted by Crippen LogP contribution is 2.45. The Balaban J connectivity index is 2.79. The van der Waals surface area contributed by atoms with Crippen molar-refractivity contribution >= 4 is 171 Å². The van der Waals surface area contributed by atoms with Crippen LogP contribution in [0.1, 0.15) is 27.7 Å². The molecule has 0 radical (unpaired) electrons. The summed E-state index contributed by atoms with van der Waals surface area (Å²) in [5.41, 5.74) is 0.910. The van der Waals surface area contributed by atoms with E-state index in [1.54, 1.807) is 0 Å². The van der Waals surface area contributed by atoms with E-state index in [0.717, 1.165) is 24.1 Å². The van der Waals surface area contributed by atoms with Crippen molar-refractivity contribution in [2.75, 3.05) is 9.80 Å². The highest BCUT2D eigenvalue weighted by atomic mass is 127. The Bertz CT molecular complexity index is 1080. The molecule has 0 atom stereocenters. The Morgan fingerprint density at radius 3 is 1.09 bits per heavy atom. The molecule has 0 aliphatic carbocycles. The molecule has 0 aliphatic heterocycles. The Labute approximate surface area is 272 Å². The normalized spacial score (nSPS) is 10.6. The largest absolute Gasteiger partial charge is 0.453 e.